The molecule has 0 saturated carbocycles. The minimum atomic E-state index is -0.652. The number of amides is 1. The highest BCUT2D eigenvalue weighted by Gasteiger charge is 2.40. The van der Waals surface area contributed by atoms with Crippen LogP contribution in [0.3, 0.4) is 0 Å². The van der Waals surface area contributed by atoms with Gasteiger partial charge in [0.2, 0.25) is 5.84 Å². The highest BCUT2D eigenvalue weighted by Crippen LogP contribution is 2.42. The van der Waals surface area contributed by atoms with Gasteiger partial charge >= 0.3 is 0 Å². The Morgan fingerprint density at radius 3 is 2.41 bits per heavy atom. The van der Waals surface area contributed by atoms with E-state index < -0.39 is 12.1 Å². The molecular weight excluding hydrogens is 434 g/mol. The van der Waals surface area contributed by atoms with E-state index in [1.165, 1.54) is 6.07 Å². The number of rotatable bonds is 7. The molecule has 4 N–H and O–H groups in total. The molecule has 2 aromatic rings. The Morgan fingerprint density at radius 2 is 1.82 bits per heavy atom. The zero-order chi connectivity index (χ0) is 24.4. The SMILES string of the molecule is CCN1N=C(C(N)=O)N(c2ccc(CN3CCOCC3)cc2)C1c1cc(C(C)C)c(O)cc1O. The molecule has 2 aliphatic rings. The molecule has 0 bridgehead atoms. The van der Waals surface area contributed by atoms with Gasteiger partial charge < -0.3 is 20.7 Å². The second-order valence-electron chi connectivity index (χ2n) is 8.97. The molecule has 9 heteroatoms. The average Bonchev–Trinajstić information content (AvgIpc) is 3.20. The number of hydrogen-bond acceptors (Lipinski definition) is 8. The molecule has 0 aromatic heterocycles. The van der Waals surface area contributed by atoms with Gasteiger partial charge in [-0.3, -0.25) is 19.6 Å². The first kappa shape index (κ1) is 23.8. The lowest BCUT2D eigenvalue weighted by Crippen LogP contribution is -2.41. The summed E-state index contributed by atoms with van der Waals surface area (Å²) in [6.07, 6.45) is -0.587. The minimum Gasteiger partial charge on any atom is -0.508 e. The minimum absolute atomic E-state index is 0.0346. The number of nitrogens with zero attached hydrogens (tertiary/aromatic N) is 4. The Kier molecular flexibility index (Phi) is 6.95. The molecule has 1 saturated heterocycles. The van der Waals surface area contributed by atoms with Crippen LogP contribution in [-0.2, 0) is 16.1 Å². The van der Waals surface area contributed by atoms with Crippen molar-refractivity contribution in [3.63, 3.8) is 0 Å². The highest BCUT2D eigenvalue weighted by atomic mass is 16.5. The summed E-state index contributed by atoms with van der Waals surface area (Å²) >= 11 is 0. The Bertz CT molecular complexity index is 1060. The van der Waals surface area contributed by atoms with Gasteiger partial charge in [-0.25, -0.2) is 0 Å². The maximum atomic E-state index is 12.4. The molecule has 182 valence electrons. The number of nitrogens with two attached hydrogens (primary N) is 1. The number of anilines is 1. The number of aromatic hydroxyl groups is 2. The number of ether oxygens (including phenoxy) is 1. The van der Waals surface area contributed by atoms with Crippen molar-refractivity contribution in [3.8, 4) is 11.5 Å². The van der Waals surface area contributed by atoms with Crippen LogP contribution in [0.2, 0.25) is 0 Å². The Balaban J connectivity index is 1.71. The third kappa shape index (κ3) is 4.67. The standard InChI is InChI=1S/C25H33N5O4/c1-4-29-25(20-13-19(16(2)3)21(31)14-22(20)32)30(24(27-29)23(26)33)18-7-5-17(6-8-18)15-28-9-11-34-12-10-28/h5-8,13-14,16,25,31-32H,4,9-12,15H2,1-3H3,(H2,26,33). The fraction of sp³-hybridized carbons (Fsp3) is 0.440. The molecule has 0 aliphatic carbocycles. The third-order valence-electron chi connectivity index (χ3n) is 6.32. The first-order valence-electron chi connectivity index (χ1n) is 11.7. The van der Waals surface area contributed by atoms with Crippen molar-refractivity contribution >= 4 is 17.4 Å². The average molecular weight is 468 g/mol. The number of phenolic OH excluding ortho intramolecular Hbond substituents is 2. The number of carbonyl (C=O) groups is 1. The molecule has 2 heterocycles. The molecule has 2 aliphatic heterocycles. The van der Waals surface area contributed by atoms with Crippen LogP contribution >= 0.6 is 0 Å². The van der Waals surface area contributed by atoms with E-state index in [-0.39, 0.29) is 23.3 Å². The van der Waals surface area contributed by atoms with Crippen LogP contribution in [0.25, 0.3) is 0 Å². The monoisotopic (exact) mass is 467 g/mol. The maximum Gasteiger partial charge on any atom is 0.286 e. The first-order chi connectivity index (χ1) is 16.3. The summed E-state index contributed by atoms with van der Waals surface area (Å²) in [7, 11) is 0. The number of phenols is 2. The summed E-state index contributed by atoms with van der Waals surface area (Å²) in [4.78, 5) is 16.5. The summed E-state index contributed by atoms with van der Waals surface area (Å²) in [6, 6.07) is 11.1. The van der Waals surface area contributed by atoms with Gasteiger partial charge in [0.05, 0.1) is 13.2 Å². The van der Waals surface area contributed by atoms with Gasteiger partial charge in [0.15, 0.2) is 6.17 Å². The predicted octanol–water partition coefficient (Wildman–Crippen LogP) is 2.69. The van der Waals surface area contributed by atoms with Crippen LogP contribution in [0, 0.1) is 0 Å². The van der Waals surface area contributed by atoms with E-state index in [1.807, 2.05) is 45.0 Å². The lowest BCUT2D eigenvalue weighted by molar-refractivity contribution is -0.112. The smallest absolute Gasteiger partial charge is 0.286 e. The zero-order valence-electron chi connectivity index (χ0n) is 19.9. The molecule has 9 nitrogen and oxygen atoms in total. The first-order valence-corrected chi connectivity index (χ1v) is 11.7. The van der Waals surface area contributed by atoms with E-state index in [4.69, 9.17) is 10.5 Å². The topological polar surface area (TPSA) is 115 Å². The molecular formula is C25H33N5O4. The van der Waals surface area contributed by atoms with Crippen LogP contribution in [0.1, 0.15) is 49.5 Å². The van der Waals surface area contributed by atoms with Gasteiger partial charge in [-0.15, -0.1) is 0 Å². The lowest BCUT2D eigenvalue weighted by Gasteiger charge is -2.32. The molecule has 2 aromatic carbocycles. The Hall–Kier alpha value is -3.30. The van der Waals surface area contributed by atoms with Crippen LogP contribution in [0.15, 0.2) is 41.5 Å². The van der Waals surface area contributed by atoms with Crippen molar-refractivity contribution in [3.05, 3.63) is 53.1 Å². The van der Waals surface area contributed by atoms with Gasteiger partial charge in [0.25, 0.3) is 5.91 Å². The van der Waals surface area contributed by atoms with Crippen molar-refractivity contribution in [2.75, 3.05) is 37.7 Å². The number of hydrogen-bond donors (Lipinski definition) is 3. The zero-order valence-corrected chi connectivity index (χ0v) is 19.9. The maximum absolute atomic E-state index is 12.4. The van der Waals surface area contributed by atoms with Gasteiger partial charge in [-0.2, -0.15) is 5.10 Å². The fourth-order valence-electron chi connectivity index (χ4n) is 4.51. The summed E-state index contributed by atoms with van der Waals surface area (Å²) < 4.78 is 5.43. The predicted molar refractivity (Wildman–Crippen MR) is 131 cm³/mol. The van der Waals surface area contributed by atoms with Crippen molar-refractivity contribution in [1.29, 1.82) is 0 Å². The van der Waals surface area contributed by atoms with Gasteiger partial charge in [-0.1, -0.05) is 26.0 Å². The lowest BCUT2D eigenvalue weighted by atomic mass is 9.97. The highest BCUT2D eigenvalue weighted by molar-refractivity contribution is 6.43. The van der Waals surface area contributed by atoms with Gasteiger partial charge in [0.1, 0.15) is 11.5 Å². The van der Waals surface area contributed by atoms with Crippen molar-refractivity contribution < 1.29 is 19.7 Å². The van der Waals surface area contributed by atoms with Crippen LogP contribution in [0.5, 0.6) is 11.5 Å². The van der Waals surface area contributed by atoms with Gasteiger partial charge in [0, 0.05) is 43.5 Å². The molecule has 0 radical (unpaired) electrons. The van der Waals surface area contributed by atoms with Crippen molar-refractivity contribution in [1.82, 2.24) is 9.91 Å². The van der Waals surface area contributed by atoms with Crippen molar-refractivity contribution in [2.24, 2.45) is 10.8 Å². The molecule has 0 spiro atoms. The molecule has 1 amide bonds. The summed E-state index contributed by atoms with van der Waals surface area (Å²) in [5.41, 5.74) is 8.86. The van der Waals surface area contributed by atoms with Crippen molar-refractivity contribution in [2.45, 2.75) is 39.4 Å². The quantitative estimate of drug-likeness (QED) is 0.573. The Morgan fingerprint density at radius 1 is 1.15 bits per heavy atom. The van der Waals surface area contributed by atoms with E-state index in [0.29, 0.717) is 17.7 Å². The van der Waals surface area contributed by atoms with Crippen LogP contribution in [0.4, 0.5) is 5.69 Å². The largest absolute Gasteiger partial charge is 0.508 e. The van der Waals surface area contributed by atoms with E-state index in [2.05, 4.69) is 10.0 Å². The number of hydrazone groups is 1. The normalized spacial score (nSPS) is 19.1. The van der Waals surface area contributed by atoms with E-state index >= 15 is 0 Å². The van der Waals surface area contributed by atoms with Gasteiger partial charge in [-0.05, 0) is 42.2 Å². The van der Waals surface area contributed by atoms with E-state index in [1.54, 1.807) is 16.0 Å². The number of morpholine rings is 1. The molecule has 34 heavy (non-hydrogen) atoms. The van der Waals surface area contributed by atoms with E-state index in [9.17, 15) is 15.0 Å². The molecule has 1 fully saturated rings. The summed E-state index contributed by atoms with van der Waals surface area (Å²) in [6.45, 7) is 10.5. The molecule has 4 rings (SSSR count). The number of amidine groups is 1. The number of primary amides is 1. The fourth-order valence-corrected chi connectivity index (χ4v) is 4.51. The second kappa shape index (κ2) is 9.90. The Labute approximate surface area is 200 Å². The van der Waals surface area contributed by atoms with Crippen LogP contribution < -0.4 is 10.6 Å². The second-order valence-corrected chi connectivity index (χ2v) is 8.97. The summed E-state index contributed by atoms with van der Waals surface area (Å²) in [5, 5.41) is 27.3. The number of benzene rings is 2. The number of carbonyl (C=O) groups excluding carboxylic acids is 1. The summed E-state index contributed by atoms with van der Waals surface area (Å²) in [5.74, 6) is -0.542. The van der Waals surface area contributed by atoms with E-state index in [0.717, 1.165) is 44.1 Å². The molecule has 1 unspecified atom stereocenters. The third-order valence-corrected chi connectivity index (χ3v) is 6.32. The molecule has 1 atom stereocenters. The van der Waals surface area contributed by atoms with Crippen LogP contribution in [-0.4, -0.2) is 64.7 Å².